The number of esters is 1. The van der Waals surface area contributed by atoms with Crippen LogP contribution in [0.15, 0.2) is 18.2 Å². The summed E-state index contributed by atoms with van der Waals surface area (Å²) >= 11 is 0. The van der Waals surface area contributed by atoms with Crippen LogP contribution in [0.25, 0.3) is 0 Å². The summed E-state index contributed by atoms with van der Waals surface area (Å²) in [5.74, 6) is 1.78. The van der Waals surface area contributed by atoms with Crippen LogP contribution >= 0.6 is 0 Å². The van der Waals surface area contributed by atoms with Crippen LogP contribution in [-0.2, 0) is 20.8 Å². The number of carbonyl (C=O) groups excluding carboxylic acids is 1. The maximum absolute atomic E-state index is 11.6. The van der Waals surface area contributed by atoms with E-state index in [1.165, 1.54) is 76.2 Å². The standard InChI is InChI=1S/C37H67NO5/c1-5-7-9-19-25-40-26-20-14-10-11-15-21-27-41-35-30-34(33-38(3)4)31-36(32-35)42-28-22-16-12-13-17-23-29-43-37(39)24-18-8-6-2/h30-32H,5-29,33H2,1-4H3. The number of unbranched alkanes of at least 4 members (excludes halogenated alkanes) is 15. The van der Waals surface area contributed by atoms with E-state index < -0.39 is 0 Å². The molecular formula is C37H67NO5. The van der Waals surface area contributed by atoms with Crippen LogP contribution in [0.5, 0.6) is 11.5 Å². The molecule has 0 aromatic heterocycles. The van der Waals surface area contributed by atoms with Gasteiger partial charge in [0, 0.05) is 32.2 Å². The van der Waals surface area contributed by atoms with Gasteiger partial charge in [-0.3, -0.25) is 4.79 Å². The van der Waals surface area contributed by atoms with Crippen LogP contribution in [0.1, 0.15) is 148 Å². The summed E-state index contributed by atoms with van der Waals surface area (Å²) < 4.78 is 23.4. The summed E-state index contributed by atoms with van der Waals surface area (Å²) in [6, 6.07) is 6.34. The molecule has 0 heterocycles. The Labute approximate surface area is 265 Å². The lowest BCUT2D eigenvalue weighted by atomic mass is 10.1. The summed E-state index contributed by atoms with van der Waals surface area (Å²) in [6.07, 6.45) is 22.8. The summed E-state index contributed by atoms with van der Waals surface area (Å²) in [6.45, 7) is 9.15. The Bertz CT molecular complexity index is 769. The highest BCUT2D eigenvalue weighted by atomic mass is 16.5. The molecule has 6 nitrogen and oxygen atoms in total. The monoisotopic (exact) mass is 606 g/mol. The Morgan fingerprint density at radius 1 is 0.558 bits per heavy atom. The maximum Gasteiger partial charge on any atom is 0.305 e. The molecule has 0 radical (unpaired) electrons. The van der Waals surface area contributed by atoms with Crippen molar-refractivity contribution in [1.82, 2.24) is 4.90 Å². The van der Waals surface area contributed by atoms with Crippen LogP contribution in [-0.4, -0.2) is 58.0 Å². The van der Waals surface area contributed by atoms with E-state index in [2.05, 4.69) is 45.0 Å². The van der Waals surface area contributed by atoms with Crippen molar-refractivity contribution in [3.05, 3.63) is 23.8 Å². The summed E-state index contributed by atoms with van der Waals surface area (Å²) in [4.78, 5) is 13.8. The fraction of sp³-hybridized carbons (Fsp3) is 0.811. The lowest BCUT2D eigenvalue weighted by Crippen LogP contribution is -2.11. The highest BCUT2D eigenvalue weighted by Crippen LogP contribution is 2.25. The van der Waals surface area contributed by atoms with Crippen molar-refractivity contribution in [3.8, 4) is 11.5 Å². The molecule has 1 aromatic rings. The van der Waals surface area contributed by atoms with Crippen molar-refractivity contribution < 1.29 is 23.7 Å². The fourth-order valence-corrected chi connectivity index (χ4v) is 5.07. The lowest BCUT2D eigenvalue weighted by Gasteiger charge is -2.15. The molecule has 0 aliphatic rings. The highest BCUT2D eigenvalue weighted by molar-refractivity contribution is 5.69. The number of hydrogen-bond acceptors (Lipinski definition) is 6. The van der Waals surface area contributed by atoms with Crippen molar-refractivity contribution in [2.24, 2.45) is 0 Å². The molecule has 0 bridgehead atoms. The number of rotatable bonds is 31. The fourth-order valence-electron chi connectivity index (χ4n) is 5.07. The van der Waals surface area contributed by atoms with E-state index in [1.54, 1.807) is 0 Å². The van der Waals surface area contributed by atoms with Gasteiger partial charge in [-0.2, -0.15) is 0 Å². The van der Waals surface area contributed by atoms with E-state index in [1.807, 2.05) is 6.07 Å². The van der Waals surface area contributed by atoms with Gasteiger partial charge in [-0.05, 0) is 70.3 Å². The van der Waals surface area contributed by atoms with Gasteiger partial charge in [0.2, 0.25) is 0 Å². The molecule has 0 fully saturated rings. The minimum atomic E-state index is -0.0374. The third-order valence-corrected chi connectivity index (χ3v) is 7.59. The second-order valence-electron chi connectivity index (χ2n) is 12.3. The Kier molecular flexibility index (Phi) is 26.4. The molecule has 0 saturated carbocycles. The molecule has 1 aromatic carbocycles. The Balaban J connectivity index is 2.14. The van der Waals surface area contributed by atoms with Gasteiger partial charge in [0.1, 0.15) is 11.5 Å². The molecule has 0 N–H and O–H groups in total. The van der Waals surface area contributed by atoms with E-state index in [-0.39, 0.29) is 5.97 Å². The summed E-state index contributed by atoms with van der Waals surface area (Å²) in [5.41, 5.74) is 1.22. The molecule has 0 spiro atoms. The quantitative estimate of drug-likeness (QED) is 0.0620. The molecule has 0 saturated heterocycles. The zero-order valence-electron chi connectivity index (χ0n) is 28.6. The lowest BCUT2D eigenvalue weighted by molar-refractivity contribution is -0.143. The molecule has 250 valence electrons. The molecule has 6 heteroatoms. The van der Waals surface area contributed by atoms with Crippen molar-refractivity contribution in [1.29, 1.82) is 0 Å². The SMILES string of the molecule is CCCCCCOCCCCCCCCOc1cc(CN(C)C)cc(OCCCCCCCCOC(=O)CCCCC)c1. The van der Waals surface area contributed by atoms with Crippen LogP contribution in [0, 0.1) is 0 Å². The normalized spacial score (nSPS) is 11.3. The number of ether oxygens (including phenoxy) is 4. The van der Waals surface area contributed by atoms with Crippen LogP contribution < -0.4 is 9.47 Å². The molecule has 1 rings (SSSR count). The first-order chi connectivity index (χ1) is 21.0. The Hall–Kier alpha value is -1.79. The summed E-state index contributed by atoms with van der Waals surface area (Å²) in [7, 11) is 4.18. The minimum absolute atomic E-state index is 0.0374. The molecular weight excluding hydrogens is 538 g/mol. The first-order valence-corrected chi connectivity index (χ1v) is 17.8. The van der Waals surface area contributed by atoms with Gasteiger partial charge in [0.05, 0.1) is 19.8 Å². The van der Waals surface area contributed by atoms with Crippen LogP contribution in [0.4, 0.5) is 0 Å². The maximum atomic E-state index is 11.6. The van der Waals surface area contributed by atoms with E-state index in [4.69, 9.17) is 18.9 Å². The third-order valence-electron chi connectivity index (χ3n) is 7.59. The first-order valence-electron chi connectivity index (χ1n) is 17.8. The zero-order chi connectivity index (χ0) is 31.2. The van der Waals surface area contributed by atoms with Gasteiger partial charge in [-0.1, -0.05) is 97.3 Å². The molecule has 0 aliphatic carbocycles. The summed E-state index contributed by atoms with van der Waals surface area (Å²) in [5, 5.41) is 0. The van der Waals surface area contributed by atoms with Crippen molar-refractivity contribution in [3.63, 3.8) is 0 Å². The number of hydrogen-bond donors (Lipinski definition) is 0. The van der Waals surface area contributed by atoms with E-state index in [9.17, 15) is 4.79 Å². The number of nitrogens with zero attached hydrogens (tertiary/aromatic N) is 1. The van der Waals surface area contributed by atoms with Gasteiger partial charge in [-0.15, -0.1) is 0 Å². The average Bonchev–Trinajstić information content (AvgIpc) is 2.98. The Morgan fingerprint density at radius 3 is 1.51 bits per heavy atom. The van der Waals surface area contributed by atoms with Gasteiger partial charge in [0.15, 0.2) is 0 Å². The highest BCUT2D eigenvalue weighted by Gasteiger charge is 2.06. The van der Waals surface area contributed by atoms with Gasteiger partial charge in [-0.25, -0.2) is 0 Å². The first kappa shape index (κ1) is 39.2. The van der Waals surface area contributed by atoms with Crippen LogP contribution in [0.2, 0.25) is 0 Å². The van der Waals surface area contributed by atoms with Gasteiger partial charge in [0.25, 0.3) is 0 Å². The largest absolute Gasteiger partial charge is 0.493 e. The smallest absolute Gasteiger partial charge is 0.305 e. The van der Waals surface area contributed by atoms with Crippen molar-refractivity contribution >= 4 is 5.97 Å². The van der Waals surface area contributed by atoms with Gasteiger partial charge < -0.3 is 23.8 Å². The van der Waals surface area contributed by atoms with Crippen molar-refractivity contribution in [2.75, 3.05) is 47.1 Å². The minimum Gasteiger partial charge on any atom is -0.493 e. The molecule has 0 amide bonds. The Morgan fingerprint density at radius 2 is 1.00 bits per heavy atom. The topological polar surface area (TPSA) is 57.2 Å². The second-order valence-corrected chi connectivity index (χ2v) is 12.3. The second kappa shape index (κ2) is 29.0. The predicted octanol–water partition coefficient (Wildman–Crippen LogP) is 9.91. The molecule has 0 atom stereocenters. The number of benzene rings is 1. The average molecular weight is 606 g/mol. The third kappa shape index (κ3) is 25.3. The van der Waals surface area contributed by atoms with Gasteiger partial charge >= 0.3 is 5.97 Å². The van der Waals surface area contributed by atoms with E-state index >= 15 is 0 Å². The van der Waals surface area contributed by atoms with Crippen LogP contribution in [0.3, 0.4) is 0 Å². The molecule has 43 heavy (non-hydrogen) atoms. The van der Waals surface area contributed by atoms with E-state index in [0.29, 0.717) is 13.0 Å². The predicted molar refractivity (Wildman–Crippen MR) is 180 cm³/mol. The number of carbonyl (C=O) groups is 1. The van der Waals surface area contributed by atoms with E-state index in [0.717, 1.165) is 95.8 Å². The van der Waals surface area contributed by atoms with Crippen molar-refractivity contribution in [2.45, 2.75) is 149 Å². The molecule has 0 unspecified atom stereocenters. The zero-order valence-corrected chi connectivity index (χ0v) is 28.6. The molecule has 0 aliphatic heterocycles.